The Bertz CT molecular complexity index is 986. The van der Waals surface area contributed by atoms with E-state index < -0.39 is 0 Å². The van der Waals surface area contributed by atoms with E-state index >= 15 is 0 Å². The largest absolute Gasteiger partial charge is 0.399 e. The van der Waals surface area contributed by atoms with Crippen LogP contribution in [0.2, 0.25) is 0 Å². The number of aromatic amines is 1. The van der Waals surface area contributed by atoms with E-state index in [-0.39, 0.29) is 30.0 Å². The Balaban J connectivity index is 0.00000196. The van der Waals surface area contributed by atoms with E-state index in [0.717, 1.165) is 23.9 Å². The van der Waals surface area contributed by atoms with Gasteiger partial charge in [0.2, 0.25) is 0 Å². The van der Waals surface area contributed by atoms with E-state index in [2.05, 4.69) is 4.98 Å². The molecule has 0 unspecified atom stereocenters. The van der Waals surface area contributed by atoms with Gasteiger partial charge in [-0.05, 0) is 43.2 Å². The summed E-state index contributed by atoms with van der Waals surface area (Å²) in [5.41, 5.74) is 8.67. The Hall–Kier alpha value is -2.73. The lowest BCUT2D eigenvalue weighted by Gasteiger charge is -2.32. The number of nitrogens with zero attached hydrogens (tertiary/aromatic N) is 2. The van der Waals surface area contributed by atoms with E-state index in [1.165, 1.54) is 0 Å². The molecule has 0 bridgehead atoms. The maximum atomic E-state index is 12.6. The summed E-state index contributed by atoms with van der Waals surface area (Å²) >= 11 is 0. The molecule has 3 aromatic rings. The highest BCUT2D eigenvalue weighted by Gasteiger charge is 2.26. The molecule has 2 heterocycles. The highest BCUT2D eigenvalue weighted by molar-refractivity contribution is 5.95. The van der Waals surface area contributed by atoms with Crippen LogP contribution in [-0.4, -0.2) is 33.4 Å². The van der Waals surface area contributed by atoms with Gasteiger partial charge in [-0.1, -0.05) is 18.2 Å². The van der Waals surface area contributed by atoms with Crippen LogP contribution in [0.5, 0.6) is 0 Å². The summed E-state index contributed by atoms with van der Waals surface area (Å²) in [6.45, 7) is 1.26. The number of aromatic nitrogens is 2. The molecule has 1 aliphatic rings. The first-order valence-electron chi connectivity index (χ1n) is 8.47. The number of likely N-dealkylation sites (tertiary alicyclic amines) is 1. The second kappa shape index (κ2) is 7.25. The van der Waals surface area contributed by atoms with Gasteiger partial charge in [-0.25, -0.2) is 4.79 Å². The molecule has 7 heteroatoms. The first kappa shape index (κ1) is 18.1. The molecule has 3 N–H and O–H groups in total. The predicted octanol–water partition coefficient (Wildman–Crippen LogP) is 2.81. The van der Waals surface area contributed by atoms with E-state index in [4.69, 9.17) is 5.73 Å². The first-order chi connectivity index (χ1) is 12.1. The van der Waals surface area contributed by atoms with Crippen molar-refractivity contribution in [2.75, 3.05) is 18.8 Å². The van der Waals surface area contributed by atoms with Crippen molar-refractivity contribution in [2.24, 2.45) is 0 Å². The number of carbonyl (C=O) groups excluding carboxylic acids is 1. The Morgan fingerprint density at radius 2 is 1.81 bits per heavy atom. The fourth-order valence-corrected chi connectivity index (χ4v) is 3.62. The van der Waals surface area contributed by atoms with E-state index in [1.807, 2.05) is 33.7 Å². The molecular formula is C19H21ClN4O2. The highest BCUT2D eigenvalue weighted by atomic mass is 35.5. The zero-order chi connectivity index (χ0) is 17.4. The Morgan fingerprint density at radius 3 is 2.54 bits per heavy atom. The molecule has 1 saturated heterocycles. The first-order valence-corrected chi connectivity index (χ1v) is 8.47. The Labute approximate surface area is 157 Å². The zero-order valence-corrected chi connectivity index (χ0v) is 15.0. The molecule has 0 aliphatic carbocycles. The molecule has 1 amide bonds. The number of piperidine rings is 1. The minimum atomic E-state index is -0.0817. The average molecular weight is 373 g/mol. The van der Waals surface area contributed by atoms with Crippen molar-refractivity contribution in [3.63, 3.8) is 0 Å². The molecule has 26 heavy (non-hydrogen) atoms. The SMILES string of the molecule is Cl.Nc1cccc(C(=O)N2CCC(n3c(=O)[nH]c4ccccc43)CC2)c1. The van der Waals surface area contributed by atoms with Gasteiger partial charge in [0.05, 0.1) is 11.0 Å². The summed E-state index contributed by atoms with van der Waals surface area (Å²) < 4.78 is 1.83. The number of H-pyrrole nitrogens is 1. The van der Waals surface area contributed by atoms with Crippen LogP contribution in [0.3, 0.4) is 0 Å². The molecule has 0 saturated carbocycles. The van der Waals surface area contributed by atoms with Gasteiger partial charge in [0.15, 0.2) is 0 Å². The summed E-state index contributed by atoms with van der Waals surface area (Å²) in [5, 5.41) is 0. The van der Waals surface area contributed by atoms with Gasteiger partial charge in [0.1, 0.15) is 0 Å². The van der Waals surface area contributed by atoms with Crippen LogP contribution < -0.4 is 11.4 Å². The number of nitrogen functional groups attached to an aromatic ring is 1. The predicted molar refractivity (Wildman–Crippen MR) is 105 cm³/mol. The molecule has 2 aromatic carbocycles. The highest BCUT2D eigenvalue weighted by Crippen LogP contribution is 2.25. The van der Waals surface area contributed by atoms with E-state index in [9.17, 15) is 9.59 Å². The zero-order valence-electron chi connectivity index (χ0n) is 14.2. The lowest BCUT2D eigenvalue weighted by Crippen LogP contribution is -2.40. The fourth-order valence-electron chi connectivity index (χ4n) is 3.62. The number of anilines is 1. The van der Waals surface area contributed by atoms with Crippen LogP contribution in [-0.2, 0) is 0 Å². The monoisotopic (exact) mass is 372 g/mol. The summed E-state index contributed by atoms with van der Waals surface area (Å²) in [6, 6.07) is 14.9. The van der Waals surface area contributed by atoms with Crippen LogP contribution in [0.15, 0.2) is 53.3 Å². The fraction of sp³-hybridized carbons (Fsp3) is 0.263. The van der Waals surface area contributed by atoms with Gasteiger partial charge < -0.3 is 15.6 Å². The number of imidazole rings is 1. The van der Waals surface area contributed by atoms with Gasteiger partial charge in [-0.3, -0.25) is 9.36 Å². The summed E-state index contributed by atoms with van der Waals surface area (Å²) in [5.74, 6) is -0.00276. The van der Waals surface area contributed by atoms with Gasteiger partial charge in [-0.2, -0.15) is 0 Å². The summed E-state index contributed by atoms with van der Waals surface area (Å²) in [6.07, 6.45) is 1.52. The van der Waals surface area contributed by atoms with Crippen molar-refractivity contribution in [3.05, 3.63) is 64.6 Å². The van der Waals surface area contributed by atoms with Crippen molar-refractivity contribution in [1.82, 2.24) is 14.5 Å². The topological polar surface area (TPSA) is 84.1 Å². The van der Waals surface area contributed by atoms with E-state index in [1.54, 1.807) is 24.3 Å². The molecule has 0 radical (unpaired) electrons. The quantitative estimate of drug-likeness (QED) is 0.678. The van der Waals surface area contributed by atoms with Gasteiger partial charge >= 0.3 is 5.69 Å². The van der Waals surface area contributed by atoms with Crippen molar-refractivity contribution >= 4 is 35.0 Å². The lowest BCUT2D eigenvalue weighted by atomic mass is 10.0. The molecule has 0 spiro atoms. The Kier molecular flexibility index (Phi) is 5.04. The number of halogens is 1. The average Bonchev–Trinajstić information content (AvgIpc) is 2.97. The van der Waals surface area contributed by atoms with Gasteiger partial charge in [-0.15, -0.1) is 12.4 Å². The van der Waals surface area contributed by atoms with Crippen LogP contribution in [0.1, 0.15) is 29.2 Å². The van der Waals surface area contributed by atoms with Crippen LogP contribution in [0, 0.1) is 0 Å². The molecular weight excluding hydrogens is 352 g/mol. The number of para-hydroxylation sites is 2. The third kappa shape index (κ3) is 3.20. The summed E-state index contributed by atoms with van der Waals surface area (Å²) in [4.78, 5) is 29.7. The third-order valence-corrected chi connectivity index (χ3v) is 4.87. The number of hydrogen-bond donors (Lipinski definition) is 2. The molecule has 1 fully saturated rings. The number of hydrogen-bond acceptors (Lipinski definition) is 3. The number of amides is 1. The number of fused-ring (bicyclic) bond motifs is 1. The van der Waals surface area contributed by atoms with Gasteiger partial charge in [0, 0.05) is 30.4 Å². The molecule has 6 nitrogen and oxygen atoms in total. The normalized spacial score (nSPS) is 15.0. The van der Waals surface area contributed by atoms with Crippen LogP contribution in [0.25, 0.3) is 11.0 Å². The van der Waals surface area contributed by atoms with E-state index in [0.29, 0.717) is 24.3 Å². The molecule has 0 atom stereocenters. The third-order valence-electron chi connectivity index (χ3n) is 4.87. The molecule has 136 valence electrons. The van der Waals surface area contributed by atoms with Gasteiger partial charge in [0.25, 0.3) is 5.91 Å². The lowest BCUT2D eigenvalue weighted by molar-refractivity contribution is 0.0695. The number of nitrogens with two attached hydrogens (primary N) is 1. The molecule has 4 rings (SSSR count). The van der Waals surface area contributed by atoms with Crippen molar-refractivity contribution < 1.29 is 4.79 Å². The van der Waals surface area contributed by atoms with Crippen molar-refractivity contribution in [1.29, 1.82) is 0 Å². The van der Waals surface area contributed by atoms with Crippen molar-refractivity contribution in [3.8, 4) is 0 Å². The maximum absolute atomic E-state index is 12.6. The number of carbonyl (C=O) groups is 1. The smallest absolute Gasteiger partial charge is 0.326 e. The minimum absolute atomic E-state index is 0. The number of nitrogens with one attached hydrogen (secondary N) is 1. The van der Waals surface area contributed by atoms with Crippen LogP contribution >= 0.6 is 12.4 Å². The second-order valence-electron chi connectivity index (χ2n) is 6.47. The minimum Gasteiger partial charge on any atom is -0.399 e. The van der Waals surface area contributed by atoms with Crippen LogP contribution in [0.4, 0.5) is 5.69 Å². The number of rotatable bonds is 2. The standard InChI is InChI=1S/C19H20N4O2.ClH/c20-14-5-3-4-13(12-14)18(24)22-10-8-15(9-11-22)23-17-7-2-1-6-16(17)21-19(23)25;/h1-7,12,15H,8-11,20H2,(H,21,25);1H. The number of benzene rings is 2. The Morgan fingerprint density at radius 1 is 1.08 bits per heavy atom. The summed E-state index contributed by atoms with van der Waals surface area (Å²) in [7, 11) is 0. The second-order valence-corrected chi connectivity index (χ2v) is 6.47. The van der Waals surface area contributed by atoms with Crippen molar-refractivity contribution in [2.45, 2.75) is 18.9 Å². The maximum Gasteiger partial charge on any atom is 0.326 e. The molecule has 1 aliphatic heterocycles. The molecule has 1 aromatic heterocycles.